The van der Waals surface area contributed by atoms with Gasteiger partial charge in [-0.3, -0.25) is 14.6 Å². The highest BCUT2D eigenvalue weighted by Gasteiger charge is 2.32. The number of piperidine rings is 1. The molecule has 0 saturated carbocycles. The van der Waals surface area contributed by atoms with Crippen LogP contribution in [0.5, 0.6) is 0 Å². The van der Waals surface area contributed by atoms with Crippen molar-refractivity contribution in [2.45, 2.75) is 38.6 Å². The van der Waals surface area contributed by atoms with E-state index in [1.54, 1.807) is 4.68 Å². The lowest BCUT2D eigenvalue weighted by molar-refractivity contribution is 0.0605. The number of aromatic nitrogens is 4. The molecule has 0 spiro atoms. The van der Waals surface area contributed by atoms with Crippen molar-refractivity contribution in [3.05, 3.63) is 34.4 Å². The van der Waals surface area contributed by atoms with Crippen molar-refractivity contribution >= 4 is 17.5 Å². The molecule has 1 atom stereocenters. The molecule has 6 nitrogen and oxygen atoms in total. The molecule has 0 aliphatic carbocycles. The Morgan fingerprint density at radius 1 is 1.50 bits per heavy atom. The summed E-state index contributed by atoms with van der Waals surface area (Å²) in [6.07, 6.45) is 7.59. The third-order valence-electron chi connectivity index (χ3n) is 4.20. The zero-order valence-corrected chi connectivity index (χ0v) is 13.6. The number of carbonyl (C=O) groups is 1. The first-order chi connectivity index (χ1) is 10.6. The maximum Gasteiger partial charge on any atom is 0.276 e. The molecule has 0 bridgehead atoms. The fourth-order valence-electron chi connectivity index (χ4n) is 3.01. The van der Waals surface area contributed by atoms with Crippen molar-refractivity contribution in [2.75, 3.05) is 6.54 Å². The second-order valence-electron chi connectivity index (χ2n) is 5.68. The Hall–Kier alpha value is -1.82. The minimum atomic E-state index is -0.102. The van der Waals surface area contributed by atoms with Gasteiger partial charge in [-0.25, -0.2) is 0 Å². The first-order valence-electron chi connectivity index (χ1n) is 7.64. The summed E-state index contributed by atoms with van der Waals surface area (Å²) >= 11 is 6.28. The molecule has 1 N–H and O–H groups in total. The number of hydrogen-bond acceptors (Lipinski definition) is 3. The molecule has 1 fully saturated rings. The van der Waals surface area contributed by atoms with Crippen LogP contribution in [0.15, 0.2) is 12.4 Å². The molecule has 0 radical (unpaired) electrons. The van der Waals surface area contributed by atoms with Gasteiger partial charge in [-0.2, -0.15) is 10.2 Å². The predicted octanol–water partition coefficient (Wildman–Crippen LogP) is 2.73. The molecule has 7 heteroatoms. The van der Waals surface area contributed by atoms with Crippen LogP contribution in [-0.4, -0.2) is 37.3 Å². The Morgan fingerprint density at radius 2 is 2.32 bits per heavy atom. The molecule has 1 aliphatic heterocycles. The molecule has 1 unspecified atom stereocenters. The molecular formula is C15H20ClN5O. The smallest absolute Gasteiger partial charge is 0.276 e. The second-order valence-corrected chi connectivity index (χ2v) is 6.05. The minimum Gasteiger partial charge on any atom is -0.330 e. The lowest BCUT2D eigenvalue weighted by atomic mass is 9.97. The quantitative estimate of drug-likeness (QED) is 0.945. The number of H-pyrrole nitrogens is 1. The monoisotopic (exact) mass is 321 g/mol. The van der Waals surface area contributed by atoms with E-state index in [1.807, 2.05) is 31.3 Å². The summed E-state index contributed by atoms with van der Waals surface area (Å²) in [6, 6.07) is 0.0489. The maximum absolute atomic E-state index is 12.9. The lowest BCUT2D eigenvalue weighted by Crippen LogP contribution is -2.38. The molecule has 1 amide bonds. The SMILES string of the molecule is CCc1[nH]nc(C(=O)N2CCCCC2c2cnn(C)c2)c1Cl. The molecule has 0 aromatic carbocycles. The summed E-state index contributed by atoms with van der Waals surface area (Å²) in [6.45, 7) is 2.70. The predicted molar refractivity (Wildman–Crippen MR) is 83.8 cm³/mol. The number of halogens is 1. The van der Waals surface area contributed by atoms with E-state index in [0.29, 0.717) is 10.7 Å². The van der Waals surface area contributed by atoms with Gasteiger partial charge in [0.25, 0.3) is 5.91 Å². The van der Waals surface area contributed by atoms with E-state index in [-0.39, 0.29) is 11.9 Å². The molecule has 1 aliphatic rings. The first-order valence-corrected chi connectivity index (χ1v) is 8.01. The van der Waals surface area contributed by atoms with Gasteiger partial charge in [0.1, 0.15) is 0 Å². The fourth-order valence-corrected chi connectivity index (χ4v) is 3.31. The van der Waals surface area contributed by atoms with Gasteiger partial charge in [-0.15, -0.1) is 0 Å². The van der Waals surface area contributed by atoms with E-state index in [2.05, 4.69) is 15.3 Å². The van der Waals surface area contributed by atoms with Crippen molar-refractivity contribution in [1.29, 1.82) is 0 Å². The van der Waals surface area contributed by atoms with Crippen LogP contribution in [0.3, 0.4) is 0 Å². The van der Waals surface area contributed by atoms with E-state index >= 15 is 0 Å². The summed E-state index contributed by atoms with van der Waals surface area (Å²) in [5.74, 6) is -0.102. The molecule has 2 aromatic heterocycles. The van der Waals surface area contributed by atoms with Crippen molar-refractivity contribution in [3.8, 4) is 0 Å². The largest absolute Gasteiger partial charge is 0.330 e. The number of aromatic amines is 1. The van der Waals surface area contributed by atoms with Crippen LogP contribution in [0.4, 0.5) is 0 Å². The van der Waals surface area contributed by atoms with Crippen LogP contribution in [-0.2, 0) is 13.5 Å². The number of hydrogen-bond donors (Lipinski definition) is 1. The Balaban J connectivity index is 1.89. The summed E-state index contributed by atoms with van der Waals surface area (Å²) in [5, 5.41) is 11.7. The molecule has 3 heterocycles. The van der Waals surface area contributed by atoms with Gasteiger partial charge in [-0.05, 0) is 25.7 Å². The maximum atomic E-state index is 12.9. The van der Waals surface area contributed by atoms with Crippen molar-refractivity contribution in [3.63, 3.8) is 0 Å². The van der Waals surface area contributed by atoms with Crippen LogP contribution in [0.1, 0.15) is 54.0 Å². The second kappa shape index (κ2) is 6.12. The number of rotatable bonds is 3. The van der Waals surface area contributed by atoms with Gasteiger partial charge in [0.15, 0.2) is 5.69 Å². The Kier molecular flexibility index (Phi) is 4.20. The van der Waals surface area contributed by atoms with E-state index in [0.717, 1.165) is 43.5 Å². The van der Waals surface area contributed by atoms with Gasteiger partial charge in [0.05, 0.1) is 23.0 Å². The Morgan fingerprint density at radius 3 is 2.95 bits per heavy atom. The minimum absolute atomic E-state index is 0.0489. The number of likely N-dealkylation sites (tertiary alicyclic amines) is 1. The third-order valence-corrected chi connectivity index (χ3v) is 4.61. The van der Waals surface area contributed by atoms with Crippen molar-refractivity contribution < 1.29 is 4.79 Å². The van der Waals surface area contributed by atoms with Crippen LogP contribution in [0.2, 0.25) is 5.02 Å². The summed E-state index contributed by atoms with van der Waals surface area (Å²) in [7, 11) is 1.89. The number of amides is 1. The molecule has 3 rings (SSSR count). The van der Waals surface area contributed by atoms with Crippen molar-refractivity contribution in [2.24, 2.45) is 7.05 Å². The normalized spacial score (nSPS) is 18.7. The highest BCUT2D eigenvalue weighted by atomic mass is 35.5. The standard InChI is InChI=1S/C15H20ClN5O/c1-3-11-13(16)14(19-18-11)15(22)21-7-5-4-6-12(21)10-8-17-20(2)9-10/h8-9,12H,3-7H2,1-2H3,(H,18,19). The van der Waals surface area contributed by atoms with Gasteiger partial charge < -0.3 is 4.90 Å². The zero-order chi connectivity index (χ0) is 15.7. The lowest BCUT2D eigenvalue weighted by Gasteiger charge is -2.34. The van der Waals surface area contributed by atoms with Gasteiger partial charge in [-0.1, -0.05) is 18.5 Å². The number of carbonyl (C=O) groups excluding carboxylic acids is 1. The van der Waals surface area contributed by atoms with Crippen LogP contribution < -0.4 is 0 Å². The van der Waals surface area contributed by atoms with E-state index < -0.39 is 0 Å². The van der Waals surface area contributed by atoms with Crippen LogP contribution in [0.25, 0.3) is 0 Å². The number of nitrogens with zero attached hydrogens (tertiary/aromatic N) is 4. The van der Waals surface area contributed by atoms with E-state index in [9.17, 15) is 4.79 Å². The summed E-state index contributed by atoms with van der Waals surface area (Å²) in [4.78, 5) is 14.7. The molecule has 2 aromatic rings. The fraction of sp³-hybridized carbons (Fsp3) is 0.533. The molecule has 118 valence electrons. The van der Waals surface area contributed by atoms with Crippen molar-refractivity contribution in [1.82, 2.24) is 24.9 Å². The Bertz CT molecular complexity index is 677. The third kappa shape index (κ3) is 2.63. The molecular weight excluding hydrogens is 302 g/mol. The van der Waals surface area contributed by atoms with Gasteiger partial charge in [0.2, 0.25) is 0 Å². The molecule has 22 heavy (non-hydrogen) atoms. The number of nitrogens with one attached hydrogen (secondary N) is 1. The number of aryl methyl sites for hydroxylation is 2. The summed E-state index contributed by atoms with van der Waals surface area (Å²) in [5.41, 5.74) is 2.20. The van der Waals surface area contributed by atoms with E-state index in [1.165, 1.54) is 0 Å². The highest BCUT2D eigenvalue weighted by Crippen LogP contribution is 2.33. The van der Waals surface area contributed by atoms with Gasteiger partial charge in [0, 0.05) is 25.4 Å². The zero-order valence-electron chi connectivity index (χ0n) is 12.8. The van der Waals surface area contributed by atoms with Crippen LogP contribution >= 0.6 is 11.6 Å². The average Bonchev–Trinajstić information content (AvgIpc) is 3.12. The summed E-state index contributed by atoms with van der Waals surface area (Å²) < 4.78 is 1.77. The van der Waals surface area contributed by atoms with Crippen LogP contribution in [0, 0.1) is 0 Å². The Labute approximate surface area is 134 Å². The van der Waals surface area contributed by atoms with E-state index in [4.69, 9.17) is 11.6 Å². The highest BCUT2D eigenvalue weighted by molar-refractivity contribution is 6.34. The topological polar surface area (TPSA) is 66.8 Å². The average molecular weight is 322 g/mol. The molecule has 1 saturated heterocycles. The van der Waals surface area contributed by atoms with Gasteiger partial charge >= 0.3 is 0 Å². The first kappa shape index (κ1) is 15.1.